The molecule has 0 radical (unpaired) electrons. The van der Waals surface area contributed by atoms with Crippen LogP contribution in [-0.2, 0) is 6.54 Å². The Morgan fingerprint density at radius 2 is 2.12 bits per heavy atom. The number of nitrogens with zero attached hydrogens (tertiary/aromatic N) is 3. The van der Waals surface area contributed by atoms with Gasteiger partial charge >= 0.3 is 0 Å². The zero-order chi connectivity index (χ0) is 11.2. The van der Waals surface area contributed by atoms with Gasteiger partial charge in [-0.1, -0.05) is 22.4 Å². The predicted octanol–water partition coefficient (Wildman–Crippen LogP) is 2.62. The molecule has 1 aliphatic rings. The van der Waals surface area contributed by atoms with Crippen LogP contribution in [0.4, 0.5) is 0 Å². The van der Waals surface area contributed by atoms with Crippen molar-refractivity contribution in [3.8, 4) is 0 Å². The lowest BCUT2D eigenvalue weighted by atomic mass is 10.00. The molecule has 0 N–H and O–H groups in total. The van der Waals surface area contributed by atoms with Crippen molar-refractivity contribution in [3.63, 3.8) is 0 Å². The van der Waals surface area contributed by atoms with Crippen molar-refractivity contribution >= 4 is 15.9 Å². The van der Waals surface area contributed by atoms with E-state index >= 15 is 0 Å². The monoisotopic (exact) mass is 283 g/mol. The second-order valence-electron chi connectivity index (χ2n) is 4.26. The van der Waals surface area contributed by atoms with Gasteiger partial charge < -0.3 is 0 Å². The fraction of sp³-hybridized carbons (Fsp3) is 0.667. The SMILES string of the molecule is BrCCC1CCCCN1Cc1ncccn1. The number of halogens is 1. The molecule has 3 nitrogen and oxygen atoms in total. The first-order valence-electron chi connectivity index (χ1n) is 5.96. The van der Waals surface area contributed by atoms with Crippen LogP contribution in [0.15, 0.2) is 18.5 Å². The molecular formula is C12H18BrN3. The van der Waals surface area contributed by atoms with Crippen molar-refractivity contribution in [1.82, 2.24) is 14.9 Å². The number of rotatable bonds is 4. The summed E-state index contributed by atoms with van der Waals surface area (Å²) in [5.41, 5.74) is 0. The van der Waals surface area contributed by atoms with Gasteiger partial charge in [-0.2, -0.15) is 0 Å². The molecule has 0 spiro atoms. The number of aromatic nitrogens is 2. The minimum Gasteiger partial charge on any atom is -0.293 e. The topological polar surface area (TPSA) is 29.0 Å². The standard InChI is InChI=1S/C12H18BrN3/c13-6-5-11-4-1-2-9-16(11)10-12-14-7-3-8-15-12/h3,7-8,11H,1-2,4-6,9-10H2. The Bertz CT molecular complexity index is 302. The van der Waals surface area contributed by atoms with Crippen molar-refractivity contribution in [1.29, 1.82) is 0 Å². The zero-order valence-electron chi connectivity index (χ0n) is 9.48. The van der Waals surface area contributed by atoms with Crippen LogP contribution < -0.4 is 0 Å². The highest BCUT2D eigenvalue weighted by Crippen LogP contribution is 2.21. The van der Waals surface area contributed by atoms with E-state index < -0.39 is 0 Å². The van der Waals surface area contributed by atoms with Gasteiger partial charge in [0, 0.05) is 23.8 Å². The third kappa shape index (κ3) is 3.25. The minimum absolute atomic E-state index is 0.705. The molecule has 1 aromatic heterocycles. The Morgan fingerprint density at radius 1 is 1.31 bits per heavy atom. The minimum atomic E-state index is 0.705. The molecule has 0 aromatic carbocycles. The number of piperidine rings is 1. The van der Waals surface area contributed by atoms with E-state index in [1.54, 1.807) is 0 Å². The quantitative estimate of drug-likeness (QED) is 0.796. The van der Waals surface area contributed by atoms with Gasteiger partial charge in [0.05, 0.1) is 6.54 Å². The van der Waals surface area contributed by atoms with Crippen LogP contribution in [0, 0.1) is 0 Å². The van der Waals surface area contributed by atoms with Crippen molar-refractivity contribution in [2.24, 2.45) is 0 Å². The number of likely N-dealkylation sites (tertiary alicyclic amines) is 1. The smallest absolute Gasteiger partial charge is 0.142 e. The van der Waals surface area contributed by atoms with E-state index in [0.29, 0.717) is 6.04 Å². The second kappa shape index (κ2) is 6.30. The van der Waals surface area contributed by atoms with Crippen LogP contribution >= 0.6 is 15.9 Å². The van der Waals surface area contributed by atoms with Gasteiger partial charge in [0.15, 0.2) is 0 Å². The maximum absolute atomic E-state index is 4.30. The third-order valence-corrected chi connectivity index (χ3v) is 3.61. The average Bonchev–Trinajstić information content (AvgIpc) is 2.33. The summed E-state index contributed by atoms with van der Waals surface area (Å²) in [6.45, 7) is 2.09. The van der Waals surface area contributed by atoms with E-state index in [9.17, 15) is 0 Å². The summed E-state index contributed by atoms with van der Waals surface area (Å²) in [7, 11) is 0. The van der Waals surface area contributed by atoms with Gasteiger partial charge in [0.1, 0.15) is 5.82 Å². The Kier molecular flexibility index (Phi) is 4.72. The van der Waals surface area contributed by atoms with Crippen LogP contribution in [0.25, 0.3) is 0 Å². The molecule has 1 saturated heterocycles. The summed E-state index contributed by atoms with van der Waals surface area (Å²) in [4.78, 5) is 11.1. The highest BCUT2D eigenvalue weighted by molar-refractivity contribution is 9.09. The number of hydrogen-bond donors (Lipinski definition) is 0. The first-order valence-corrected chi connectivity index (χ1v) is 7.08. The molecule has 2 heterocycles. The molecule has 1 fully saturated rings. The zero-order valence-corrected chi connectivity index (χ0v) is 11.1. The molecule has 4 heteroatoms. The predicted molar refractivity (Wildman–Crippen MR) is 68.5 cm³/mol. The van der Waals surface area contributed by atoms with E-state index in [0.717, 1.165) is 17.7 Å². The normalized spacial score (nSPS) is 22.2. The Balaban J connectivity index is 1.96. The van der Waals surface area contributed by atoms with Gasteiger partial charge in [-0.25, -0.2) is 9.97 Å². The molecule has 0 aliphatic carbocycles. The van der Waals surface area contributed by atoms with Gasteiger partial charge in [0.2, 0.25) is 0 Å². The summed E-state index contributed by atoms with van der Waals surface area (Å²) in [6.07, 6.45) is 8.87. The van der Waals surface area contributed by atoms with Crippen LogP contribution in [0.2, 0.25) is 0 Å². The second-order valence-corrected chi connectivity index (χ2v) is 5.06. The molecule has 88 valence electrons. The third-order valence-electron chi connectivity index (χ3n) is 3.16. The summed E-state index contributed by atoms with van der Waals surface area (Å²) >= 11 is 3.54. The lowest BCUT2D eigenvalue weighted by Crippen LogP contribution is -2.39. The molecule has 1 aliphatic heterocycles. The van der Waals surface area contributed by atoms with E-state index in [2.05, 4.69) is 30.8 Å². The molecule has 2 rings (SSSR count). The summed E-state index contributed by atoms with van der Waals surface area (Å²) in [5, 5.41) is 1.09. The molecule has 0 amide bonds. The first-order chi connectivity index (χ1) is 7.90. The van der Waals surface area contributed by atoms with Gasteiger partial charge in [0.25, 0.3) is 0 Å². The number of hydrogen-bond acceptors (Lipinski definition) is 3. The van der Waals surface area contributed by atoms with Gasteiger partial charge in [-0.3, -0.25) is 4.90 Å². The van der Waals surface area contributed by atoms with Gasteiger partial charge in [-0.05, 0) is 31.9 Å². The molecule has 1 atom stereocenters. The van der Waals surface area contributed by atoms with Crippen LogP contribution in [0.1, 0.15) is 31.5 Å². The van der Waals surface area contributed by atoms with Crippen molar-refractivity contribution < 1.29 is 0 Å². The van der Waals surface area contributed by atoms with E-state index in [1.165, 1.54) is 32.2 Å². The Hall–Kier alpha value is -0.480. The molecule has 1 unspecified atom stereocenters. The lowest BCUT2D eigenvalue weighted by molar-refractivity contribution is 0.134. The maximum atomic E-state index is 4.30. The fourth-order valence-corrected chi connectivity index (χ4v) is 2.84. The van der Waals surface area contributed by atoms with Crippen LogP contribution in [0.5, 0.6) is 0 Å². The van der Waals surface area contributed by atoms with Crippen molar-refractivity contribution in [3.05, 3.63) is 24.3 Å². The Labute approximate surface area is 105 Å². The van der Waals surface area contributed by atoms with Crippen molar-refractivity contribution in [2.45, 2.75) is 38.3 Å². The molecule has 16 heavy (non-hydrogen) atoms. The number of alkyl halides is 1. The van der Waals surface area contributed by atoms with E-state index in [1.807, 2.05) is 18.5 Å². The molecular weight excluding hydrogens is 266 g/mol. The summed E-state index contributed by atoms with van der Waals surface area (Å²) in [6, 6.07) is 2.58. The van der Waals surface area contributed by atoms with Crippen LogP contribution in [0.3, 0.4) is 0 Å². The van der Waals surface area contributed by atoms with Crippen LogP contribution in [-0.4, -0.2) is 32.8 Å². The van der Waals surface area contributed by atoms with Crippen molar-refractivity contribution in [2.75, 3.05) is 11.9 Å². The van der Waals surface area contributed by atoms with Gasteiger partial charge in [-0.15, -0.1) is 0 Å². The largest absolute Gasteiger partial charge is 0.293 e. The maximum Gasteiger partial charge on any atom is 0.142 e. The molecule has 1 aromatic rings. The highest BCUT2D eigenvalue weighted by Gasteiger charge is 2.22. The summed E-state index contributed by atoms with van der Waals surface area (Å²) < 4.78 is 0. The highest BCUT2D eigenvalue weighted by atomic mass is 79.9. The molecule has 0 bridgehead atoms. The first kappa shape index (κ1) is 12.0. The van der Waals surface area contributed by atoms with E-state index in [4.69, 9.17) is 0 Å². The Morgan fingerprint density at radius 3 is 2.88 bits per heavy atom. The lowest BCUT2D eigenvalue weighted by Gasteiger charge is -2.34. The fourth-order valence-electron chi connectivity index (χ4n) is 2.31. The van der Waals surface area contributed by atoms with E-state index in [-0.39, 0.29) is 0 Å². The average molecular weight is 284 g/mol. The molecule has 0 saturated carbocycles. The summed E-state index contributed by atoms with van der Waals surface area (Å²) in [5.74, 6) is 0.948.